The molecular weight excluding hydrogens is 172 g/mol. The molecule has 1 rings (SSSR count). The number of rotatable bonds is 3. The van der Waals surface area contributed by atoms with Gasteiger partial charge in [-0.1, -0.05) is 43.7 Å². The van der Waals surface area contributed by atoms with Gasteiger partial charge in [0, 0.05) is 0 Å². The van der Waals surface area contributed by atoms with Crippen molar-refractivity contribution in [1.82, 2.24) is 0 Å². The molecule has 1 aromatic rings. The van der Waals surface area contributed by atoms with Crippen molar-refractivity contribution in [2.45, 2.75) is 20.8 Å². The van der Waals surface area contributed by atoms with Gasteiger partial charge in [0.15, 0.2) is 0 Å². The maximum Gasteiger partial charge on any atom is 0.143 e. The Balaban J connectivity index is 3.12. The third-order valence-electron chi connectivity index (χ3n) is 2.22. The van der Waals surface area contributed by atoms with Gasteiger partial charge in [-0.15, -0.1) is 0 Å². The van der Waals surface area contributed by atoms with Crippen molar-refractivity contribution in [3.63, 3.8) is 0 Å². The van der Waals surface area contributed by atoms with Crippen LogP contribution in [0.15, 0.2) is 30.3 Å². The van der Waals surface area contributed by atoms with Crippen LogP contribution in [0, 0.1) is 12.8 Å². The Morgan fingerprint density at radius 2 is 2.07 bits per heavy atom. The van der Waals surface area contributed by atoms with Crippen LogP contribution in [-0.2, 0) is 4.79 Å². The third kappa shape index (κ3) is 2.56. The van der Waals surface area contributed by atoms with E-state index in [4.69, 9.17) is 0 Å². The quantitative estimate of drug-likeness (QED) is 0.525. The normalized spacial score (nSPS) is 11.9. The van der Waals surface area contributed by atoms with Crippen LogP contribution in [0.2, 0.25) is 0 Å². The minimum atomic E-state index is 0.377. The van der Waals surface area contributed by atoms with E-state index < -0.39 is 0 Å². The topological polar surface area (TPSA) is 17.1 Å². The van der Waals surface area contributed by atoms with Gasteiger partial charge in [-0.05, 0) is 30.1 Å². The van der Waals surface area contributed by atoms with Gasteiger partial charge in [0.25, 0.3) is 0 Å². The van der Waals surface area contributed by atoms with Crippen LogP contribution >= 0.6 is 0 Å². The van der Waals surface area contributed by atoms with E-state index >= 15 is 0 Å². The number of aldehydes is 1. The third-order valence-corrected chi connectivity index (χ3v) is 2.22. The SMILES string of the molecule is Cc1cccc(/C(=C\C=O)C(C)C)c1. The molecule has 0 spiro atoms. The second kappa shape index (κ2) is 4.75. The molecule has 0 amide bonds. The Hall–Kier alpha value is -1.37. The Morgan fingerprint density at radius 1 is 1.36 bits per heavy atom. The first-order chi connectivity index (χ1) is 6.65. The van der Waals surface area contributed by atoms with E-state index in [0.29, 0.717) is 5.92 Å². The minimum Gasteiger partial charge on any atom is -0.299 e. The summed E-state index contributed by atoms with van der Waals surface area (Å²) in [5.41, 5.74) is 3.47. The monoisotopic (exact) mass is 188 g/mol. The highest BCUT2D eigenvalue weighted by Crippen LogP contribution is 2.22. The molecule has 14 heavy (non-hydrogen) atoms. The zero-order valence-electron chi connectivity index (χ0n) is 8.95. The number of carbonyl (C=O) groups excluding carboxylic acids is 1. The van der Waals surface area contributed by atoms with E-state index in [1.807, 2.05) is 12.1 Å². The lowest BCUT2D eigenvalue weighted by atomic mass is 9.94. The Labute approximate surface area is 85.5 Å². The molecule has 0 bridgehead atoms. The fraction of sp³-hybridized carbons (Fsp3) is 0.308. The molecule has 0 aromatic heterocycles. The van der Waals surface area contributed by atoms with Crippen LogP contribution in [0.3, 0.4) is 0 Å². The van der Waals surface area contributed by atoms with Gasteiger partial charge in [0.2, 0.25) is 0 Å². The van der Waals surface area contributed by atoms with Crippen molar-refractivity contribution in [2.75, 3.05) is 0 Å². The van der Waals surface area contributed by atoms with Crippen molar-refractivity contribution in [1.29, 1.82) is 0 Å². The molecule has 0 fully saturated rings. The van der Waals surface area contributed by atoms with E-state index in [2.05, 4.69) is 32.9 Å². The molecule has 1 aromatic carbocycles. The number of hydrogen-bond acceptors (Lipinski definition) is 1. The number of benzene rings is 1. The van der Waals surface area contributed by atoms with E-state index in [-0.39, 0.29) is 0 Å². The predicted molar refractivity (Wildman–Crippen MR) is 60.1 cm³/mol. The molecule has 0 heterocycles. The summed E-state index contributed by atoms with van der Waals surface area (Å²) in [6, 6.07) is 8.23. The van der Waals surface area contributed by atoms with Crippen LogP contribution in [0.5, 0.6) is 0 Å². The molecule has 0 atom stereocenters. The van der Waals surface area contributed by atoms with Crippen molar-refractivity contribution in [3.8, 4) is 0 Å². The molecule has 1 nitrogen and oxygen atoms in total. The molecule has 0 saturated heterocycles. The van der Waals surface area contributed by atoms with Crippen LogP contribution in [-0.4, -0.2) is 6.29 Å². The fourth-order valence-electron chi connectivity index (χ4n) is 1.52. The van der Waals surface area contributed by atoms with E-state index in [9.17, 15) is 4.79 Å². The van der Waals surface area contributed by atoms with Gasteiger partial charge in [-0.2, -0.15) is 0 Å². The molecule has 0 aliphatic carbocycles. The maximum atomic E-state index is 10.5. The molecule has 0 N–H and O–H groups in total. The molecular formula is C13H16O. The van der Waals surface area contributed by atoms with Gasteiger partial charge >= 0.3 is 0 Å². The summed E-state index contributed by atoms with van der Waals surface area (Å²) < 4.78 is 0. The van der Waals surface area contributed by atoms with Crippen LogP contribution < -0.4 is 0 Å². The number of hydrogen-bond donors (Lipinski definition) is 0. The fourth-order valence-corrected chi connectivity index (χ4v) is 1.52. The first kappa shape index (κ1) is 10.7. The number of aryl methyl sites for hydroxylation is 1. The lowest BCUT2D eigenvalue weighted by molar-refractivity contribution is -0.104. The van der Waals surface area contributed by atoms with E-state index in [0.717, 1.165) is 17.4 Å². The first-order valence-corrected chi connectivity index (χ1v) is 4.87. The van der Waals surface area contributed by atoms with Crippen molar-refractivity contribution in [2.24, 2.45) is 5.92 Å². The predicted octanol–water partition coefficient (Wildman–Crippen LogP) is 3.23. The average molecular weight is 188 g/mol. The van der Waals surface area contributed by atoms with E-state index in [1.165, 1.54) is 5.56 Å². The standard InChI is InChI=1S/C13H16O/c1-10(2)13(7-8-14)12-6-4-5-11(3)9-12/h4-10H,1-3H3/b13-7-. The molecule has 0 aliphatic heterocycles. The molecule has 0 unspecified atom stereocenters. The van der Waals surface area contributed by atoms with Gasteiger partial charge < -0.3 is 0 Å². The number of carbonyl (C=O) groups is 1. The lowest BCUT2D eigenvalue weighted by Crippen LogP contribution is -1.94. The minimum absolute atomic E-state index is 0.377. The van der Waals surface area contributed by atoms with Gasteiger partial charge in [0.1, 0.15) is 6.29 Å². The van der Waals surface area contributed by atoms with Gasteiger partial charge in [-0.3, -0.25) is 4.79 Å². The zero-order chi connectivity index (χ0) is 10.6. The summed E-state index contributed by atoms with van der Waals surface area (Å²) in [4.78, 5) is 10.5. The summed E-state index contributed by atoms with van der Waals surface area (Å²) in [7, 11) is 0. The molecule has 1 heteroatoms. The van der Waals surface area contributed by atoms with Crippen molar-refractivity contribution >= 4 is 11.9 Å². The van der Waals surface area contributed by atoms with Crippen LogP contribution in [0.25, 0.3) is 5.57 Å². The number of allylic oxidation sites excluding steroid dienone is 2. The molecule has 0 aliphatic rings. The highest BCUT2D eigenvalue weighted by molar-refractivity contribution is 5.82. The lowest BCUT2D eigenvalue weighted by Gasteiger charge is -2.11. The highest BCUT2D eigenvalue weighted by Gasteiger charge is 2.05. The molecule has 0 radical (unpaired) electrons. The summed E-state index contributed by atoms with van der Waals surface area (Å²) >= 11 is 0. The summed E-state index contributed by atoms with van der Waals surface area (Å²) in [5, 5.41) is 0. The smallest absolute Gasteiger partial charge is 0.143 e. The second-order valence-electron chi connectivity index (χ2n) is 3.78. The summed E-state index contributed by atoms with van der Waals surface area (Å²) in [6.07, 6.45) is 2.51. The molecule has 74 valence electrons. The molecule has 0 saturated carbocycles. The zero-order valence-corrected chi connectivity index (χ0v) is 8.95. The maximum absolute atomic E-state index is 10.5. The first-order valence-electron chi connectivity index (χ1n) is 4.87. The van der Waals surface area contributed by atoms with Crippen molar-refractivity contribution < 1.29 is 4.79 Å². The summed E-state index contributed by atoms with van der Waals surface area (Å²) in [5.74, 6) is 0.377. The Kier molecular flexibility index (Phi) is 3.63. The largest absolute Gasteiger partial charge is 0.299 e. The second-order valence-corrected chi connectivity index (χ2v) is 3.78. The Morgan fingerprint density at radius 3 is 2.57 bits per heavy atom. The Bertz CT molecular complexity index is 348. The highest BCUT2D eigenvalue weighted by atomic mass is 16.1. The van der Waals surface area contributed by atoms with Crippen LogP contribution in [0.4, 0.5) is 0 Å². The average Bonchev–Trinajstić information content (AvgIpc) is 2.13. The summed E-state index contributed by atoms with van der Waals surface area (Å²) in [6.45, 7) is 6.25. The van der Waals surface area contributed by atoms with Gasteiger partial charge in [-0.25, -0.2) is 0 Å². The van der Waals surface area contributed by atoms with Crippen LogP contribution in [0.1, 0.15) is 25.0 Å². The van der Waals surface area contributed by atoms with E-state index in [1.54, 1.807) is 6.08 Å². The van der Waals surface area contributed by atoms with Gasteiger partial charge in [0.05, 0.1) is 0 Å². The van der Waals surface area contributed by atoms with Crippen molar-refractivity contribution in [3.05, 3.63) is 41.5 Å².